The van der Waals surface area contributed by atoms with E-state index in [9.17, 15) is 0 Å². The van der Waals surface area contributed by atoms with E-state index in [0.717, 1.165) is 12.0 Å². The summed E-state index contributed by atoms with van der Waals surface area (Å²) in [6.45, 7) is 9.68. The number of thioether (sulfide) groups is 1. The summed E-state index contributed by atoms with van der Waals surface area (Å²) < 4.78 is 0.611. The topological polar surface area (TPSA) is 15.3 Å². The summed E-state index contributed by atoms with van der Waals surface area (Å²) >= 11 is 2.11. The fourth-order valence-electron chi connectivity index (χ4n) is 3.17. The molecule has 2 rings (SSSR count). The highest BCUT2D eigenvalue weighted by Crippen LogP contribution is 2.43. The highest BCUT2D eigenvalue weighted by molar-refractivity contribution is 8.00. The number of nitrogens with zero attached hydrogens (tertiary/aromatic N) is 1. The van der Waals surface area contributed by atoms with Gasteiger partial charge in [-0.05, 0) is 31.4 Å². The zero-order valence-corrected chi connectivity index (χ0v) is 12.5. The van der Waals surface area contributed by atoms with Crippen LogP contribution in [0.5, 0.6) is 0 Å². The fourth-order valence-corrected chi connectivity index (χ4v) is 4.18. The van der Waals surface area contributed by atoms with E-state index in [4.69, 9.17) is 0 Å². The van der Waals surface area contributed by atoms with Gasteiger partial charge in [0.05, 0.1) is 0 Å². The first-order valence-corrected chi connectivity index (χ1v) is 8.37. The minimum atomic E-state index is 0.611. The molecule has 1 unspecified atom stereocenters. The van der Waals surface area contributed by atoms with Crippen LogP contribution in [0.2, 0.25) is 0 Å². The largest absolute Gasteiger partial charge is 0.311 e. The third-order valence-electron chi connectivity index (χ3n) is 4.31. The first-order chi connectivity index (χ1) is 8.13. The SMILES string of the molecule is CSC1(CN2CCNC(CC(C)C)C2)CCC1. The Kier molecular flexibility index (Phi) is 4.79. The molecule has 0 aromatic rings. The van der Waals surface area contributed by atoms with Crippen LogP contribution in [0.3, 0.4) is 0 Å². The van der Waals surface area contributed by atoms with Gasteiger partial charge < -0.3 is 5.32 Å². The van der Waals surface area contributed by atoms with Crippen LogP contribution in [-0.2, 0) is 0 Å². The minimum Gasteiger partial charge on any atom is -0.311 e. The summed E-state index contributed by atoms with van der Waals surface area (Å²) in [4.78, 5) is 2.71. The molecular weight excluding hydrogens is 228 g/mol. The lowest BCUT2D eigenvalue weighted by molar-refractivity contribution is 0.149. The second-order valence-corrected chi connectivity index (χ2v) is 7.53. The number of hydrogen-bond donors (Lipinski definition) is 1. The van der Waals surface area contributed by atoms with Crippen molar-refractivity contribution in [1.82, 2.24) is 10.2 Å². The molecule has 1 heterocycles. The van der Waals surface area contributed by atoms with Gasteiger partial charge in [0.25, 0.3) is 0 Å². The van der Waals surface area contributed by atoms with Crippen molar-refractivity contribution in [3.8, 4) is 0 Å². The number of rotatable bonds is 5. The van der Waals surface area contributed by atoms with Crippen molar-refractivity contribution in [3.05, 3.63) is 0 Å². The molecular formula is C14H28N2S. The lowest BCUT2D eigenvalue weighted by atomic mass is 9.83. The maximum Gasteiger partial charge on any atom is 0.0284 e. The second-order valence-electron chi connectivity index (χ2n) is 6.26. The van der Waals surface area contributed by atoms with Gasteiger partial charge in [-0.2, -0.15) is 11.8 Å². The number of hydrogen-bond acceptors (Lipinski definition) is 3. The van der Waals surface area contributed by atoms with Gasteiger partial charge in [-0.15, -0.1) is 0 Å². The highest BCUT2D eigenvalue weighted by atomic mass is 32.2. The van der Waals surface area contributed by atoms with Crippen molar-refractivity contribution >= 4 is 11.8 Å². The monoisotopic (exact) mass is 256 g/mol. The molecule has 0 radical (unpaired) electrons. The highest BCUT2D eigenvalue weighted by Gasteiger charge is 2.38. The molecule has 1 saturated heterocycles. The third kappa shape index (κ3) is 3.62. The Balaban J connectivity index is 1.80. The maximum absolute atomic E-state index is 3.67. The van der Waals surface area contributed by atoms with E-state index in [1.165, 1.54) is 51.9 Å². The average molecular weight is 256 g/mol. The predicted octanol–water partition coefficient (Wildman–Crippen LogP) is 2.59. The summed E-state index contributed by atoms with van der Waals surface area (Å²) in [5.74, 6) is 0.811. The first kappa shape index (κ1) is 13.7. The van der Waals surface area contributed by atoms with Gasteiger partial charge in [0.15, 0.2) is 0 Å². The predicted molar refractivity (Wildman–Crippen MR) is 77.8 cm³/mol. The molecule has 2 fully saturated rings. The van der Waals surface area contributed by atoms with Gasteiger partial charge in [0.2, 0.25) is 0 Å². The van der Waals surface area contributed by atoms with Crippen LogP contribution in [0.4, 0.5) is 0 Å². The molecule has 0 amide bonds. The molecule has 1 atom stereocenters. The Morgan fingerprint density at radius 2 is 2.18 bits per heavy atom. The molecule has 2 aliphatic rings. The molecule has 2 nitrogen and oxygen atoms in total. The van der Waals surface area contributed by atoms with Gasteiger partial charge in [-0.1, -0.05) is 20.3 Å². The lowest BCUT2D eigenvalue weighted by Crippen LogP contribution is -2.55. The molecule has 1 aliphatic heterocycles. The molecule has 0 spiro atoms. The van der Waals surface area contributed by atoms with Crippen LogP contribution in [0.15, 0.2) is 0 Å². The van der Waals surface area contributed by atoms with Gasteiger partial charge in [0, 0.05) is 37.0 Å². The van der Waals surface area contributed by atoms with E-state index in [1.807, 2.05) is 0 Å². The van der Waals surface area contributed by atoms with Crippen LogP contribution in [0.25, 0.3) is 0 Å². The van der Waals surface area contributed by atoms with Crippen LogP contribution < -0.4 is 5.32 Å². The Labute approximate surface area is 111 Å². The van der Waals surface area contributed by atoms with Gasteiger partial charge in [-0.3, -0.25) is 4.90 Å². The van der Waals surface area contributed by atoms with E-state index in [-0.39, 0.29) is 0 Å². The molecule has 1 aliphatic carbocycles. The smallest absolute Gasteiger partial charge is 0.0284 e. The zero-order valence-electron chi connectivity index (χ0n) is 11.7. The summed E-state index contributed by atoms with van der Waals surface area (Å²) in [7, 11) is 0. The summed E-state index contributed by atoms with van der Waals surface area (Å²) in [5, 5.41) is 3.67. The normalized spacial score (nSPS) is 29.3. The van der Waals surface area contributed by atoms with Crippen LogP contribution >= 0.6 is 11.8 Å². The maximum atomic E-state index is 3.67. The van der Waals surface area contributed by atoms with Crippen molar-refractivity contribution in [2.45, 2.75) is 50.3 Å². The van der Waals surface area contributed by atoms with E-state index in [1.54, 1.807) is 0 Å². The minimum absolute atomic E-state index is 0.611. The van der Waals surface area contributed by atoms with Crippen molar-refractivity contribution in [2.24, 2.45) is 5.92 Å². The van der Waals surface area contributed by atoms with Gasteiger partial charge >= 0.3 is 0 Å². The molecule has 100 valence electrons. The molecule has 3 heteroatoms. The molecule has 1 saturated carbocycles. The Bertz CT molecular complexity index is 233. The van der Waals surface area contributed by atoms with Crippen LogP contribution in [-0.4, -0.2) is 48.1 Å². The lowest BCUT2D eigenvalue weighted by Gasteiger charge is -2.46. The molecule has 0 bridgehead atoms. The standard InChI is InChI=1S/C14H28N2S/c1-12(2)9-13-10-16(8-7-15-13)11-14(17-3)5-4-6-14/h12-13,15H,4-11H2,1-3H3. The quantitative estimate of drug-likeness (QED) is 0.814. The van der Waals surface area contributed by atoms with Crippen LogP contribution in [0.1, 0.15) is 39.5 Å². The Morgan fingerprint density at radius 1 is 1.41 bits per heavy atom. The number of piperazine rings is 1. The molecule has 0 aromatic carbocycles. The number of nitrogens with one attached hydrogen (secondary N) is 1. The molecule has 0 aromatic heterocycles. The summed E-state index contributed by atoms with van der Waals surface area (Å²) in [5.41, 5.74) is 0. The Morgan fingerprint density at radius 3 is 2.71 bits per heavy atom. The van der Waals surface area contributed by atoms with Crippen molar-refractivity contribution in [2.75, 3.05) is 32.4 Å². The zero-order chi connectivity index (χ0) is 12.3. The average Bonchev–Trinajstić information content (AvgIpc) is 2.23. The van der Waals surface area contributed by atoms with E-state index in [2.05, 4.69) is 42.1 Å². The van der Waals surface area contributed by atoms with Crippen molar-refractivity contribution in [1.29, 1.82) is 0 Å². The van der Waals surface area contributed by atoms with Crippen molar-refractivity contribution < 1.29 is 0 Å². The van der Waals surface area contributed by atoms with E-state index < -0.39 is 0 Å². The fraction of sp³-hybridized carbons (Fsp3) is 1.00. The van der Waals surface area contributed by atoms with E-state index >= 15 is 0 Å². The second kappa shape index (κ2) is 5.94. The van der Waals surface area contributed by atoms with Gasteiger partial charge in [0.1, 0.15) is 0 Å². The van der Waals surface area contributed by atoms with E-state index in [0.29, 0.717) is 4.75 Å². The Hall–Kier alpha value is 0.270. The third-order valence-corrected chi connectivity index (χ3v) is 5.71. The van der Waals surface area contributed by atoms with Gasteiger partial charge in [-0.25, -0.2) is 0 Å². The molecule has 1 N–H and O–H groups in total. The molecule has 17 heavy (non-hydrogen) atoms. The van der Waals surface area contributed by atoms with Crippen molar-refractivity contribution in [3.63, 3.8) is 0 Å². The van der Waals surface area contributed by atoms with Crippen LogP contribution in [0, 0.1) is 5.92 Å². The first-order valence-electron chi connectivity index (χ1n) is 7.14. The summed E-state index contributed by atoms with van der Waals surface area (Å²) in [6.07, 6.45) is 7.94. The summed E-state index contributed by atoms with van der Waals surface area (Å²) in [6, 6.07) is 0.725.